The number of nitrogens with one attached hydrogen (secondary N) is 1. The van der Waals surface area contributed by atoms with Crippen LogP contribution in [0.1, 0.15) is 0 Å². The van der Waals surface area contributed by atoms with E-state index in [0.29, 0.717) is 19.1 Å². The van der Waals surface area contributed by atoms with Crippen molar-refractivity contribution in [3.05, 3.63) is 12.2 Å². The first-order chi connectivity index (χ1) is 6.43. The van der Waals surface area contributed by atoms with E-state index in [-0.39, 0.29) is 6.10 Å². The lowest BCUT2D eigenvalue weighted by Gasteiger charge is -2.22. The van der Waals surface area contributed by atoms with Gasteiger partial charge in [0, 0.05) is 19.0 Å². The SMILES string of the molecule is ClC/C=C/CNCC1COCCO1. The zero-order valence-corrected chi connectivity index (χ0v) is 8.43. The van der Waals surface area contributed by atoms with Gasteiger partial charge in [-0.3, -0.25) is 0 Å². The fourth-order valence-electron chi connectivity index (χ4n) is 1.13. The average molecular weight is 206 g/mol. The third kappa shape index (κ3) is 5.26. The summed E-state index contributed by atoms with van der Waals surface area (Å²) in [4.78, 5) is 0. The Balaban J connectivity index is 1.95. The number of rotatable bonds is 5. The van der Waals surface area contributed by atoms with Gasteiger partial charge in [0.25, 0.3) is 0 Å². The Bertz CT molecular complexity index is 147. The van der Waals surface area contributed by atoms with Gasteiger partial charge in [0.1, 0.15) is 0 Å². The van der Waals surface area contributed by atoms with Gasteiger partial charge in [-0.2, -0.15) is 0 Å². The van der Waals surface area contributed by atoms with Gasteiger partial charge < -0.3 is 14.8 Å². The highest BCUT2D eigenvalue weighted by Gasteiger charge is 2.12. The summed E-state index contributed by atoms with van der Waals surface area (Å²) in [7, 11) is 0. The van der Waals surface area contributed by atoms with Crippen LogP contribution in [-0.2, 0) is 9.47 Å². The quantitative estimate of drug-likeness (QED) is 0.409. The van der Waals surface area contributed by atoms with Crippen LogP contribution in [0.4, 0.5) is 0 Å². The molecule has 1 unspecified atom stereocenters. The van der Waals surface area contributed by atoms with E-state index in [1.54, 1.807) is 0 Å². The minimum atomic E-state index is 0.207. The Morgan fingerprint density at radius 2 is 2.31 bits per heavy atom. The summed E-state index contributed by atoms with van der Waals surface area (Å²) in [6.45, 7) is 3.82. The molecular formula is C9H16ClNO2. The number of ether oxygens (including phenoxy) is 2. The number of halogens is 1. The summed E-state index contributed by atoms with van der Waals surface area (Å²) in [5.41, 5.74) is 0. The van der Waals surface area contributed by atoms with Crippen molar-refractivity contribution < 1.29 is 9.47 Å². The van der Waals surface area contributed by atoms with Crippen LogP contribution in [0.25, 0.3) is 0 Å². The largest absolute Gasteiger partial charge is 0.376 e. The molecule has 1 atom stereocenters. The molecule has 0 aromatic rings. The molecule has 0 spiro atoms. The summed E-state index contributed by atoms with van der Waals surface area (Å²) in [5.74, 6) is 0.574. The highest BCUT2D eigenvalue weighted by atomic mass is 35.5. The Kier molecular flexibility index (Phi) is 6.19. The zero-order chi connectivity index (χ0) is 9.36. The van der Waals surface area contributed by atoms with E-state index in [9.17, 15) is 0 Å². The Morgan fingerprint density at radius 3 is 3.00 bits per heavy atom. The third-order valence-corrected chi connectivity index (χ3v) is 1.95. The van der Waals surface area contributed by atoms with Crippen molar-refractivity contribution >= 4 is 11.6 Å². The van der Waals surface area contributed by atoms with Crippen molar-refractivity contribution in [3.63, 3.8) is 0 Å². The van der Waals surface area contributed by atoms with Crippen molar-refractivity contribution in [3.8, 4) is 0 Å². The molecule has 0 bridgehead atoms. The van der Waals surface area contributed by atoms with Gasteiger partial charge in [0.15, 0.2) is 0 Å². The fourth-order valence-corrected chi connectivity index (χ4v) is 1.25. The summed E-state index contributed by atoms with van der Waals surface area (Å²) in [6.07, 6.45) is 4.14. The van der Waals surface area contributed by atoms with Gasteiger partial charge in [-0.15, -0.1) is 11.6 Å². The molecule has 1 aliphatic heterocycles. The highest BCUT2D eigenvalue weighted by Crippen LogP contribution is 1.98. The van der Waals surface area contributed by atoms with E-state index >= 15 is 0 Å². The molecule has 1 N–H and O–H groups in total. The number of hydrogen-bond acceptors (Lipinski definition) is 3. The molecule has 0 aromatic heterocycles. The molecule has 0 saturated carbocycles. The van der Waals surface area contributed by atoms with E-state index in [2.05, 4.69) is 5.32 Å². The zero-order valence-electron chi connectivity index (χ0n) is 7.67. The van der Waals surface area contributed by atoms with Gasteiger partial charge in [-0.1, -0.05) is 12.2 Å². The first kappa shape index (κ1) is 11.0. The van der Waals surface area contributed by atoms with Crippen molar-refractivity contribution in [1.29, 1.82) is 0 Å². The Hall–Kier alpha value is -0.0900. The van der Waals surface area contributed by atoms with E-state index in [1.165, 1.54) is 0 Å². The van der Waals surface area contributed by atoms with Crippen molar-refractivity contribution in [2.75, 3.05) is 38.8 Å². The first-order valence-corrected chi connectivity index (χ1v) is 5.08. The summed E-state index contributed by atoms with van der Waals surface area (Å²) >= 11 is 5.47. The number of allylic oxidation sites excluding steroid dienone is 1. The van der Waals surface area contributed by atoms with E-state index in [4.69, 9.17) is 21.1 Å². The molecule has 0 radical (unpaired) electrons. The monoisotopic (exact) mass is 205 g/mol. The molecule has 1 aliphatic rings. The maximum atomic E-state index is 5.47. The minimum absolute atomic E-state index is 0.207. The van der Waals surface area contributed by atoms with Crippen LogP contribution < -0.4 is 5.32 Å². The van der Waals surface area contributed by atoms with E-state index in [0.717, 1.165) is 19.7 Å². The molecule has 0 aromatic carbocycles. The van der Waals surface area contributed by atoms with Gasteiger partial charge in [-0.05, 0) is 0 Å². The molecule has 13 heavy (non-hydrogen) atoms. The Labute approximate surface area is 84.0 Å². The molecule has 1 fully saturated rings. The second-order valence-corrected chi connectivity index (χ2v) is 3.16. The standard InChI is InChI=1S/C9H16ClNO2/c10-3-1-2-4-11-7-9-8-12-5-6-13-9/h1-2,9,11H,3-8H2/b2-1+. The molecule has 1 saturated heterocycles. The molecule has 76 valence electrons. The highest BCUT2D eigenvalue weighted by molar-refractivity contribution is 6.18. The van der Waals surface area contributed by atoms with Crippen LogP contribution in [0, 0.1) is 0 Å². The molecule has 1 rings (SSSR count). The van der Waals surface area contributed by atoms with Crippen LogP contribution in [-0.4, -0.2) is 44.9 Å². The smallest absolute Gasteiger partial charge is 0.0933 e. The lowest BCUT2D eigenvalue weighted by molar-refractivity contribution is -0.0860. The van der Waals surface area contributed by atoms with Crippen LogP contribution in [0.2, 0.25) is 0 Å². The van der Waals surface area contributed by atoms with Crippen LogP contribution >= 0.6 is 11.6 Å². The lowest BCUT2D eigenvalue weighted by Crippen LogP contribution is -2.37. The maximum absolute atomic E-state index is 5.47. The average Bonchev–Trinajstić information content (AvgIpc) is 2.19. The van der Waals surface area contributed by atoms with Crippen LogP contribution in [0.5, 0.6) is 0 Å². The van der Waals surface area contributed by atoms with Gasteiger partial charge in [0.05, 0.1) is 25.9 Å². The van der Waals surface area contributed by atoms with Crippen molar-refractivity contribution in [1.82, 2.24) is 5.32 Å². The fraction of sp³-hybridized carbons (Fsp3) is 0.778. The molecular weight excluding hydrogens is 190 g/mol. The Morgan fingerprint density at radius 1 is 1.38 bits per heavy atom. The predicted octanol–water partition coefficient (Wildman–Crippen LogP) is 0.786. The summed E-state index contributed by atoms with van der Waals surface area (Å²) in [6, 6.07) is 0. The summed E-state index contributed by atoms with van der Waals surface area (Å²) < 4.78 is 10.7. The van der Waals surface area contributed by atoms with E-state index in [1.807, 2.05) is 12.2 Å². The molecule has 0 amide bonds. The maximum Gasteiger partial charge on any atom is 0.0933 e. The normalized spacial score (nSPS) is 23.9. The van der Waals surface area contributed by atoms with Crippen molar-refractivity contribution in [2.45, 2.75) is 6.10 Å². The molecule has 0 aliphatic carbocycles. The van der Waals surface area contributed by atoms with Crippen LogP contribution in [0.3, 0.4) is 0 Å². The first-order valence-electron chi connectivity index (χ1n) is 4.54. The van der Waals surface area contributed by atoms with Gasteiger partial charge in [0.2, 0.25) is 0 Å². The predicted molar refractivity (Wildman–Crippen MR) is 53.3 cm³/mol. The van der Waals surface area contributed by atoms with Crippen LogP contribution in [0.15, 0.2) is 12.2 Å². The van der Waals surface area contributed by atoms with Gasteiger partial charge >= 0.3 is 0 Å². The topological polar surface area (TPSA) is 30.5 Å². The van der Waals surface area contributed by atoms with Gasteiger partial charge in [-0.25, -0.2) is 0 Å². The molecule has 1 heterocycles. The second kappa shape index (κ2) is 7.33. The second-order valence-electron chi connectivity index (χ2n) is 2.85. The van der Waals surface area contributed by atoms with E-state index < -0.39 is 0 Å². The molecule has 4 heteroatoms. The van der Waals surface area contributed by atoms with Crippen molar-refractivity contribution in [2.24, 2.45) is 0 Å². The summed E-state index contributed by atoms with van der Waals surface area (Å²) in [5, 5.41) is 3.24. The number of hydrogen-bond donors (Lipinski definition) is 1. The number of alkyl halides is 1. The molecule has 3 nitrogen and oxygen atoms in total. The lowest BCUT2D eigenvalue weighted by atomic mass is 10.3. The third-order valence-electron chi connectivity index (χ3n) is 1.77. The minimum Gasteiger partial charge on any atom is -0.376 e.